The third-order valence-corrected chi connectivity index (χ3v) is 5.88. The predicted octanol–water partition coefficient (Wildman–Crippen LogP) is 4.68. The molecule has 2 aromatic carbocycles. The molecule has 0 radical (unpaired) electrons. The zero-order valence-electron chi connectivity index (χ0n) is 21.5. The molecule has 1 unspecified atom stereocenters. The molecule has 1 heterocycles. The van der Waals surface area contributed by atoms with Crippen LogP contribution < -0.4 is 15.4 Å². The molecule has 36 heavy (non-hydrogen) atoms. The molecule has 8 heteroatoms. The van der Waals surface area contributed by atoms with E-state index in [0.29, 0.717) is 25.8 Å². The number of aromatic amines is 1. The number of ether oxygens (including phenoxy) is 2. The second-order valence-electron chi connectivity index (χ2n) is 9.96. The van der Waals surface area contributed by atoms with Gasteiger partial charge in [0.15, 0.2) is 0 Å². The lowest BCUT2D eigenvalue weighted by Gasteiger charge is -2.27. The topological polar surface area (TPSA) is 113 Å². The molecule has 1 aromatic heterocycles. The second-order valence-corrected chi connectivity index (χ2v) is 9.96. The van der Waals surface area contributed by atoms with Gasteiger partial charge in [-0.1, -0.05) is 36.4 Å². The van der Waals surface area contributed by atoms with Crippen molar-refractivity contribution in [2.75, 3.05) is 13.7 Å². The molecule has 3 aromatic rings. The minimum Gasteiger partial charge on any atom is -0.496 e. The van der Waals surface area contributed by atoms with Gasteiger partial charge in [0.25, 0.3) is 0 Å². The maximum Gasteiger partial charge on any atom is 0.407 e. The summed E-state index contributed by atoms with van der Waals surface area (Å²) in [5.74, 6) is -0.0758. The van der Waals surface area contributed by atoms with Crippen LogP contribution in [0, 0.1) is 0 Å². The summed E-state index contributed by atoms with van der Waals surface area (Å²) in [6.07, 6.45) is 3.29. The van der Waals surface area contributed by atoms with E-state index < -0.39 is 17.7 Å². The molecule has 0 saturated heterocycles. The molecule has 0 aliphatic heterocycles. The number of amides is 1. The first-order valence-electron chi connectivity index (χ1n) is 12.3. The summed E-state index contributed by atoms with van der Waals surface area (Å²) >= 11 is 0. The van der Waals surface area contributed by atoms with Gasteiger partial charge in [-0.05, 0) is 63.3 Å². The highest BCUT2D eigenvalue weighted by molar-refractivity contribution is 5.83. The van der Waals surface area contributed by atoms with E-state index >= 15 is 0 Å². The molecule has 0 fully saturated rings. The molecule has 8 nitrogen and oxygen atoms in total. The Morgan fingerprint density at radius 3 is 2.47 bits per heavy atom. The van der Waals surface area contributed by atoms with E-state index in [1.54, 1.807) is 7.11 Å². The first-order chi connectivity index (χ1) is 17.1. The number of aryl methyl sites for hydroxylation is 1. The Morgan fingerprint density at radius 2 is 1.75 bits per heavy atom. The molecular formula is C28H37N3O5. The number of hydrogen-bond acceptors (Lipinski definition) is 5. The lowest BCUT2D eigenvalue weighted by molar-refractivity contribution is -0.137. The summed E-state index contributed by atoms with van der Waals surface area (Å²) in [4.78, 5) is 27.3. The lowest BCUT2D eigenvalue weighted by atomic mass is 9.99. The van der Waals surface area contributed by atoms with Gasteiger partial charge >= 0.3 is 12.1 Å². The van der Waals surface area contributed by atoms with Crippen molar-refractivity contribution >= 4 is 23.0 Å². The van der Waals surface area contributed by atoms with Crippen LogP contribution in [-0.2, 0) is 22.4 Å². The molecule has 0 spiro atoms. The Bertz CT molecular complexity index is 1150. The van der Waals surface area contributed by atoms with Crippen molar-refractivity contribution < 1.29 is 24.2 Å². The number of fused-ring (bicyclic) bond motifs is 1. The third-order valence-electron chi connectivity index (χ3n) is 5.88. The van der Waals surface area contributed by atoms with Crippen LogP contribution in [0.2, 0.25) is 0 Å². The number of carbonyl (C=O) groups excluding carboxylic acids is 1. The van der Waals surface area contributed by atoms with Crippen molar-refractivity contribution in [3.8, 4) is 5.75 Å². The van der Waals surface area contributed by atoms with E-state index in [9.17, 15) is 14.7 Å². The smallest absolute Gasteiger partial charge is 0.407 e. The van der Waals surface area contributed by atoms with Crippen LogP contribution in [0.1, 0.15) is 44.7 Å². The highest BCUT2D eigenvalue weighted by Gasteiger charge is 2.22. The maximum atomic E-state index is 12.3. The van der Waals surface area contributed by atoms with Crippen molar-refractivity contribution in [2.45, 2.75) is 64.1 Å². The highest BCUT2D eigenvalue weighted by Crippen LogP contribution is 2.22. The summed E-state index contributed by atoms with van der Waals surface area (Å²) in [7, 11) is 1.64. The largest absolute Gasteiger partial charge is 0.496 e. The number of methoxy groups -OCH3 is 1. The van der Waals surface area contributed by atoms with Crippen LogP contribution >= 0.6 is 0 Å². The van der Waals surface area contributed by atoms with Crippen LogP contribution in [0.25, 0.3) is 10.9 Å². The number of para-hydroxylation sites is 2. The molecular weight excluding hydrogens is 458 g/mol. The van der Waals surface area contributed by atoms with E-state index in [1.165, 1.54) is 0 Å². The molecule has 3 rings (SSSR count). The summed E-state index contributed by atoms with van der Waals surface area (Å²) in [5.41, 5.74) is 2.51. The number of carboxylic acid groups (broad SMARTS) is 1. The average molecular weight is 496 g/mol. The van der Waals surface area contributed by atoms with Gasteiger partial charge in [-0.2, -0.15) is 0 Å². The first-order valence-corrected chi connectivity index (χ1v) is 12.3. The Morgan fingerprint density at radius 1 is 1.03 bits per heavy atom. The highest BCUT2D eigenvalue weighted by atomic mass is 16.6. The Balaban J connectivity index is 1.75. The molecule has 194 valence electrons. The third kappa shape index (κ3) is 8.30. The van der Waals surface area contributed by atoms with Crippen LogP contribution in [0.15, 0.2) is 54.7 Å². The van der Waals surface area contributed by atoms with E-state index in [0.717, 1.165) is 27.8 Å². The number of H-pyrrole nitrogens is 1. The number of carboxylic acids is 1. The number of nitrogens with one attached hydrogen (secondary N) is 3. The second kappa shape index (κ2) is 12.4. The van der Waals surface area contributed by atoms with Crippen molar-refractivity contribution in [1.82, 2.24) is 15.6 Å². The number of rotatable bonds is 12. The van der Waals surface area contributed by atoms with Gasteiger partial charge in [-0.15, -0.1) is 0 Å². The Hall–Kier alpha value is -3.52. The lowest BCUT2D eigenvalue weighted by Crippen LogP contribution is -2.48. The van der Waals surface area contributed by atoms with Crippen molar-refractivity contribution in [3.63, 3.8) is 0 Å². The number of aliphatic carboxylic acids is 1. The number of alkyl carbamates (subject to hydrolysis) is 1. The molecule has 1 amide bonds. The predicted molar refractivity (Wildman–Crippen MR) is 141 cm³/mol. The fraction of sp³-hybridized carbons (Fsp3) is 0.429. The number of benzene rings is 2. The SMILES string of the molecule is COc1ccccc1CCC(CNC(=O)OC(C)(C)C)N[C@@H](CC(=O)O)Cc1c[nH]c2ccccc12. The zero-order chi connectivity index (χ0) is 26.1. The van der Waals surface area contributed by atoms with E-state index in [2.05, 4.69) is 15.6 Å². The average Bonchev–Trinajstić information content (AvgIpc) is 3.22. The van der Waals surface area contributed by atoms with Crippen LogP contribution in [0.3, 0.4) is 0 Å². The van der Waals surface area contributed by atoms with Crippen molar-refractivity contribution in [1.29, 1.82) is 0 Å². The monoisotopic (exact) mass is 495 g/mol. The zero-order valence-corrected chi connectivity index (χ0v) is 21.5. The Kier molecular flexibility index (Phi) is 9.36. The molecule has 0 bridgehead atoms. The van der Waals surface area contributed by atoms with E-state index in [1.807, 2.05) is 75.5 Å². The van der Waals surface area contributed by atoms with Crippen LogP contribution in [-0.4, -0.2) is 53.5 Å². The van der Waals surface area contributed by atoms with E-state index in [-0.39, 0.29) is 18.5 Å². The van der Waals surface area contributed by atoms with Gasteiger partial charge in [0, 0.05) is 35.7 Å². The molecule has 0 saturated carbocycles. The van der Waals surface area contributed by atoms with Crippen molar-refractivity contribution in [2.24, 2.45) is 0 Å². The molecule has 0 aliphatic rings. The quantitative estimate of drug-likeness (QED) is 0.290. The van der Waals surface area contributed by atoms with Gasteiger partial charge in [0.2, 0.25) is 0 Å². The fourth-order valence-electron chi connectivity index (χ4n) is 4.30. The number of aromatic nitrogens is 1. The molecule has 4 N–H and O–H groups in total. The van der Waals surface area contributed by atoms with Crippen LogP contribution in [0.4, 0.5) is 4.79 Å². The minimum atomic E-state index is -0.879. The van der Waals surface area contributed by atoms with Crippen molar-refractivity contribution in [3.05, 3.63) is 65.9 Å². The standard InChI is InChI=1S/C28H37N3O5/c1-28(2,3)36-27(34)30-18-21(14-13-19-9-5-8-12-25(19)35-4)31-22(16-26(32)33)15-20-17-29-24-11-7-6-10-23(20)24/h5-12,17,21-22,29,31H,13-16,18H2,1-4H3,(H,30,34)(H,32,33)/t21?,22-/m1/s1. The summed E-state index contributed by atoms with van der Waals surface area (Å²) in [5, 5.41) is 17.0. The minimum absolute atomic E-state index is 0.0445. The summed E-state index contributed by atoms with van der Waals surface area (Å²) in [6, 6.07) is 15.3. The van der Waals surface area contributed by atoms with Gasteiger partial charge in [0.1, 0.15) is 11.4 Å². The fourth-order valence-corrected chi connectivity index (χ4v) is 4.30. The summed E-state index contributed by atoms with van der Waals surface area (Å²) < 4.78 is 10.9. The number of carbonyl (C=O) groups is 2. The molecule has 2 atom stereocenters. The Labute approximate surface area is 212 Å². The van der Waals surface area contributed by atoms with Gasteiger partial charge in [-0.3, -0.25) is 4.79 Å². The first kappa shape index (κ1) is 27.1. The van der Waals surface area contributed by atoms with Crippen LogP contribution in [0.5, 0.6) is 5.75 Å². The van der Waals surface area contributed by atoms with Gasteiger partial charge in [0.05, 0.1) is 13.5 Å². The number of hydrogen-bond donors (Lipinski definition) is 4. The van der Waals surface area contributed by atoms with Gasteiger partial charge < -0.3 is 30.2 Å². The maximum absolute atomic E-state index is 12.3. The summed E-state index contributed by atoms with van der Waals surface area (Å²) in [6.45, 7) is 5.74. The molecule has 0 aliphatic carbocycles. The van der Waals surface area contributed by atoms with E-state index in [4.69, 9.17) is 9.47 Å². The van der Waals surface area contributed by atoms with Gasteiger partial charge in [-0.25, -0.2) is 4.79 Å². The normalized spacial score (nSPS) is 13.2.